The van der Waals surface area contributed by atoms with E-state index in [1.54, 1.807) is 11.0 Å². The van der Waals surface area contributed by atoms with Crippen molar-refractivity contribution in [1.29, 1.82) is 0 Å². The van der Waals surface area contributed by atoms with Gasteiger partial charge in [0.25, 0.3) is 5.91 Å². The van der Waals surface area contributed by atoms with Crippen molar-refractivity contribution in [1.82, 2.24) is 45.7 Å². The molecule has 0 radical (unpaired) electrons. The van der Waals surface area contributed by atoms with Gasteiger partial charge in [0.2, 0.25) is 5.95 Å². The van der Waals surface area contributed by atoms with Crippen molar-refractivity contribution in [2.75, 3.05) is 48.3 Å². The molecule has 3 N–H and O–H groups in total. The van der Waals surface area contributed by atoms with E-state index < -0.39 is 0 Å². The fourth-order valence-corrected chi connectivity index (χ4v) is 5.53. The maximum absolute atomic E-state index is 13.4. The summed E-state index contributed by atoms with van der Waals surface area (Å²) in [6, 6.07) is 7.36. The molecule has 1 spiro atoms. The van der Waals surface area contributed by atoms with E-state index in [0.717, 1.165) is 60.0 Å². The largest absolute Gasteiger partial charge is 0.355 e. The van der Waals surface area contributed by atoms with Crippen LogP contribution in [0.15, 0.2) is 41.9 Å². The van der Waals surface area contributed by atoms with Crippen LogP contribution in [0, 0.1) is 5.41 Å². The minimum Gasteiger partial charge on any atom is -0.355 e. The van der Waals surface area contributed by atoms with Crippen molar-refractivity contribution in [2.45, 2.75) is 19.9 Å². The molecule has 1 atom stereocenters. The summed E-state index contributed by atoms with van der Waals surface area (Å²) in [4.78, 5) is 26.5. The molecule has 7 rings (SSSR count). The molecule has 2 saturated heterocycles. The number of amides is 1. The second kappa shape index (κ2) is 7.80. The van der Waals surface area contributed by atoms with Crippen molar-refractivity contribution in [3.05, 3.63) is 41.9 Å². The van der Waals surface area contributed by atoms with Crippen molar-refractivity contribution in [3.8, 4) is 11.4 Å². The van der Waals surface area contributed by atoms with Gasteiger partial charge in [-0.3, -0.25) is 9.89 Å². The predicted molar refractivity (Wildman–Crippen MR) is 137 cm³/mol. The van der Waals surface area contributed by atoms with Gasteiger partial charge in [-0.05, 0) is 42.5 Å². The van der Waals surface area contributed by atoms with Crippen molar-refractivity contribution in [3.63, 3.8) is 0 Å². The van der Waals surface area contributed by atoms with Crippen LogP contribution in [0.2, 0.25) is 0 Å². The van der Waals surface area contributed by atoms with Gasteiger partial charge in [-0.15, -0.1) is 0 Å². The minimum atomic E-state index is -0.301. The maximum Gasteiger partial charge on any atom is 0.255 e. The number of aromatic amines is 1. The molecule has 3 aromatic heterocycles. The van der Waals surface area contributed by atoms with Crippen LogP contribution < -0.4 is 20.4 Å². The number of rotatable bonds is 4. The van der Waals surface area contributed by atoms with Crippen LogP contribution in [0.4, 0.5) is 17.5 Å². The summed E-state index contributed by atoms with van der Waals surface area (Å²) in [6.45, 7) is 7.96. The van der Waals surface area contributed by atoms with Gasteiger partial charge in [-0.1, -0.05) is 5.10 Å². The normalized spacial score (nSPS) is 20.1. The van der Waals surface area contributed by atoms with Crippen LogP contribution in [0.1, 0.15) is 19.9 Å². The number of carbonyl (C=O) groups is 1. The molecule has 3 aliphatic heterocycles. The summed E-state index contributed by atoms with van der Waals surface area (Å²) < 4.78 is 1.65. The fraction of sp³-hybridized carbons (Fsp3) is 0.375. The lowest BCUT2D eigenvalue weighted by Crippen LogP contribution is -2.71. The van der Waals surface area contributed by atoms with E-state index in [1.807, 2.05) is 50.1 Å². The van der Waals surface area contributed by atoms with Crippen molar-refractivity contribution >= 4 is 34.3 Å². The Hall–Kier alpha value is -4.39. The third-order valence-corrected chi connectivity index (χ3v) is 7.79. The number of aromatic nitrogens is 8. The topological polar surface area (TPSA) is 146 Å². The fourth-order valence-electron chi connectivity index (χ4n) is 5.53. The van der Waals surface area contributed by atoms with E-state index in [9.17, 15) is 4.79 Å². The third kappa shape index (κ3) is 3.30. The molecule has 13 nitrogen and oxygen atoms in total. The Kier molecular flexibility index (Phi) is 4.61. The highest BCUT2D eigenvalue weighted by atomic mass is 16.1. The van der Waals surface area contributed by atoms with Gasteiger partial charge in [-0.25, -0.2) is 14.6 Å². The molecule has 1 amide bonds. The minimum absolute atomic E-state index is 0.205. The summed E-state index contributed by atoms with van der Waals surface area (Å²) in [5.74, 6) is 1.31. The smallest absolute Gasteiger partial charge is 0.255 e. The molecular formula is C24H26N12O. The molecule has 188 valence electrons. The van der Waals surface area contributed by atoms with Gasteiger partial charge in [0.15, 0.2) is 0 Å². The highest BCUT2D eigenvalue weighted by molar-refractivity contribution is 6.07. The molecular weight excluding hydrogens is 472 g/mol. The average Bonchev–Trinajstić information content (AvgIpc) is 3.49. The number of hydrogen-bond donors (Lipinski definition) is 3. The standard InChI is InChI=1S/C24H26N12O/c1-13-20(14(2)36-23(34(13)3)31-32-33-36)22(37)28-15-4-5-17-16(6-15)21(30-29-17)18-7-19(27-12-26-18)35-10-24(11-35)8-25-9-24/h4-7,12,14,25H,8-11H2,1-3H3,(H,28,37)(H,29,30). The van der Waals surface area contributed by atoms with Crippen LogP contribution in [0.25, 0.3) is 22.3 Å². The number of allylic oxidation sites excluding steroid dienone is 1. The van der Waals surface area contributed by atoms with Gasteiger partial charge in [-0.2, -0.15) is 5.10 Å². The lowest BCUT2D eigenvalue weighted by atomic mass is 9.74. The molecule has 2 fully saturated rings. The molecule has 13 heteroatoms. The lowest BCUT2D eigenvalue weighted by molar-refractivity contribution is -0.113. The molecule has 6 heterocycles. The quantitative estimate of drug-likeness (QED) is 0.377. The zero-order chi connectivity index (χ0) is 25.3. The molecule has 1 aromatic carbocycles. The molecule has 0 bridgehead atoms. The number of nitrogens with one attached hydrogen (secondary N) is 3. The Morgan fingerprint density at radius 1 is 1.19 bits per heavy atom. The Labute approximate surface area is 212 Å². The van der Waals surface area contributed by atoms with E-state index in [0.29, 0.717) is 22.6 Å². The zero-order valence-corrected chi connectivity index (χ0v) is 20.7. The van der Waals surface area contributed by atoms with Gasteiger partial charge >= 0.3 is 0 Å². The second-order valence-electron chi connectivity index (χ2n) is 10.2. The molecule has 37 heavy (non-hydrogen) atoms. The molecule has 1 unspecified atom stereocenters. The van der Waals surface area contributed by atoms with Crippen LogP contribution in [-0.2, 0) is 4.79 Å². The summed E-state index contributed by atoms with van der Waals surface area (Å²) >= 11 is 0. The van der Waals surface area contributed by atoms with Crippen LogP contribution in [0.3, 0.4) is 0 Å². The van der Waals surface area contributed by atoms with Crippen LogP contribution in [0.5, 0.6) is 0 Å². The number of hydrogen-bond acceptors (Lipinski definition) is 10. The number of H-pyrrole nitrogens is 1. The number of carbonyl (C=O) groups excluding carboxylic acids is 1. The maximum atomic E-state index is 13.4. The van der Waals surface area contributed by atoms with Gasteiger partial charge in [0.1, 0.15) is 17.8 Å². The van der Waals surface area contributed by atoms with Crippen molar-refractivity contribution in [2.24, 2.45) is 5.41 Å². The number of anilines is 3. The van der Waals surface area contributed by atoms with E-state index in [-0.39, 0.29) is 11.9 Å². The van der Waals surface area contributed by atoms with Crippen LogP contribution in [-0.4, -0.2) is 79.5 Å². The monoisotopic (exact) mass is 498 g/mol. The summed E-state index contributed by atoms with van der Waals surface area (Å²) in [6.07, 6.45) is 1.59. The summed E-state index contributed by atoms with van der Waals surface area (Å²) in [5, 5.41) is 26.8. The summed E-state index contributed by atoms with van der Waals surface area (Å²) in [5.41, 5.74) is 4.78. The number of nitrogens with zero attached hydrogens (tertiary/aromatic N) is 9. The Morgan fingerprint density at radius 3 is 2.81 bits per heavy atom. The highest BCUT2D eigenvalue weighted by Gasteiger charge is 2.48. The van der Waals surface area contributed by atoms with E-state index in [2.05, 4.69) is 51.2 Å². The predicted octanol–water partition coefficient (Wildman–Crippen LogP) is 1.34. The van der Waals surface area contributed by atoms with Gasteiger partial charge in [0, 0.05) is 61.5 Å². The number of benzene rings is 1. The lowest BCUT2D eigenvalue weighted by Gasteiger charge is -2.56. The van der Waals surface area contributed by atoms with Gasteiger partial charge in [0.05, 0.1) is 22.8 Å². The second-order valence-corrected chi connectivity index (χ2v) is 10.2. The molecule has 4 aromatic rings. The first-order valence-electron chi connectivity index (χ1n) is 12.2. The SMILES string of the molecule is CC1=C(C(=O)Nc2ccc3[nH]nc(-c4cc(N5CC6(CNC6)C5)ncn4)c3c2)C(C)n2nnnc2N1C. The Balaban J connectivity index is 1.16. The van der Waals surface area contributed by atoms with E-state index in [1.165, 1.54) is 0 Å². The highest BCUT2D eigenvalue weighted by Crippen LogP contribution is 2.38. The van der Waals surface area contributed by atoms with Crippen LogP contribution >= 0.6 is 0 Å². The molecule has 3 aliphatic rings. The van der Waals surface area contributed by atoms with E-state index >= 15 is 0 Å². The first kappa shape index (κ1) is 21.9. The third-order valence-electron chi connectivity index (χ3n) is 7.79. The average molecular weight is 499 g/mol. The Morgan fingerprint density at radius 2 is 2.03 bits per heavy atom. The zero-order valence-electron chi connectivity index (χ0n) is 20.7. The van der Waals surface area contributed by atoms with E-state index in [4.69, 9.17) is 0 Å². The molecule has 0 saturated carbocycles. The first-order chi connectivity index (χ1) is 17.9. The number of tetrazole rings is 1. The summed E-state index contributed by atoms with van der Waals surface area (Å²) in [7, 11) is 1.85. The molecule has 0 aliphatic carbocycles. The number of fused-ring (bicyclic) bond motifs is 2. The van der Waals surface area contributed by atoms with Gasteiger partial charge < -0.3 is 20.4 Å². The first-order valence-corrected chi connectivity index (χ1v) is 12.2. The Bertz CT molecular complexity index is 1570. The van der Waals surface area contributed by atoms with Crippen molar-refractivity contribution < 1.29 is 4.79 Å².